The second-order valence-corrected chi connectivity index (χ2v) is 4.53. The minimum absolute atomic E-state index is 0.241. The summed E-state index contributed by atoms with van der Waals surface area (Å²) in [5, 5.41) is 9.12. The first-order valence-electron chi connectivity index (χ1n) is 5.02. The van der Waals surface area contributed by atoms with Gasteiger partial charge in [0.25, 0.3) is 0 Å². The number of rotatable bonds is 3. The number of aliphatic hydroxyl groups is 1. The lowest BCUT2D eigenvalue weighted by molar-refractivity contribution is 0.277. The number of hydrogen-bond donors (Lipinski definition) is 1. The highest BCUT2D eigenvalue weighted by Gasteiger charge is 2.09. The molecule has 0 spiro atoms. The molecule has 2 aromatic rings. The molecule has 0 atom stereocenters. The van der Waals surface area contributed by atoms with Crippen LogP contribution in [0.5, 0.6) is 0 Å². The molecule has 0 fully saturated rings. The van der Waals surface area contributed by atoms with Gasteiger partial charge in [0.1, 0.15) is 11.6 Å². The van der Waals surface area contributed by atoms with E-state index >= 15 is 0 Å². The van der Waals surface area contributed by atoms with E-state index in [9.17, 15) is 8.78 Å². The summed E-state index contributed by atoms with van der Waals surface area (Å²) < 4.78 is 26.6. The van der Waals surface area contributed by atoms with Crippen LogP contribution in [-0.4, -0.2) is 5.11 Å². The summed E-state index contributed by atoms with van der Waals surface area (Å²) >= 11 is 1.10. The third kappa shape index (κ3) is 2.84. The zero-order valence-electron chi connectivity index (χ0n) is 8.86. The van der Waals surface area contributed by atoms with Crippen molar-refractivity contribution in [2.75, 3.05) is 0 Å². The summed E-state index contributed by atoms with van der Waals surface area (Å²) in [7, 11) is 0. The molecule has 0 aliphatic carbocycles. The van der Waals surface area contributed by atoms with Crippen molar-refractivity contribution in [1.29, 1.82) is 0 Å². The van der Waals surface area contributed by atoms with Crippen LogP contribution in [0.15, 0.2) is 52.3 Å². The minimum Gasteiger partial charge on any atom is -0.392 e. The van der Waals surface area contributed by atoms with Crippen LogP contribution in [0.1, 0.15) is 5.56 Å². The fourth-order valence-electron chi connectivity index (χ4n) is 1.44. The Labute approximate surface area is 102 Å². The Bertz CT molecular complexity index is 529. The molecular formula is C13H10F2OS. The van der Waals surface area contributed by atoms with Crippen molar-refractivity contribution in [3.8, 4) is 0 Å². The van der Waals surface area contributed by atoms with E-state index in [2.05, 4.69) is 0 Å². The van der Waals surface area contributed by atoms with Crippen LogP contribution in [0.25, 0.3) is 0 Å². The predicted molar refractivity (Wildman–Crippen MR) is 62.8 cm³/mol. The third-order valence-corrected chi connectivity index (χ3v) is 3.39. The Balaban J connectivity index is 2.35. The summed E-state index contributed by atoms with van der Waals surface area (Å²) in [4.78, 5) is 0.936. The van der Waals surface area contributed by atoms with Crippen molar-refractivity contribution in [2.24, 2.45) is 0 Å². The van der Waals surface area contributed by atoms with Gasteiger partial charge >= 0.3 is 0 Å². The standard InChI is InChI=1S/C13H10F2OS/c14-10-4-2-5-11(7-10)17-13-9(8-16)3-1-6-12(13)15/h1-7,16H,8H2. The second kappa shape index (κ2) is 5.29. The molecule has 0 unspecified atom stereocenters. The van der Waals surface area contributed by atoms with Gasteiger partial charge in [-0.25, -0.2) is 8.78 Å². The lowest BCUT2D eigenvalue weighted by Gasteiger charge is -2.08. The van der Waals surface area contributed by atoms with Gasteiger partial charge in [0.05, 0.1) is 11.5 Å². The molecule has 0 radical (unpaired) electrons. The monoisotopic (exact) mass is 252 g/mol. The van der Waals surface area contributed by atoms with Crippen molar-refractivity contribution < 1.29 is 13.9 Å². The zero-order chi connectivity index (χ0) is 12.3. The summed E-state index contributed by atoms with van der Waals surface area (Å²) in [6.45, 7) is -0.241. The molecule has 0 bridgehead atoms. The molecule has 17 heavy (non-hydrogen) atoms. The lowest BCUT2D eigenvalue weighted by Crippen LogP contribution is -1.91. The maximum absolute atomic E-state index is 13.6. The highest BCUT2D eigenvalue weighted by molar-refractivity contribution is 7.99. The molecule has 0 heterocycles. The summed E-state index contributed by atoms with van der Waals surface area (Å²) in [6, 6.07) is 10.4. The van der Waals surface area contributed by atoms with Crippen molar-refractivity contribution in [2.45, 2.75) is 16.4 Å². The van der Waals surface area contributed by atoms with Gasteiger partial charge in [-0.3, -0.25) is 0 Å². The predicted octanol–water partition coefficient (Wildman–Crippen LogP) is 3.61. The topological polar surface area (TPSA) is 20.2 Å². The van der Waals surface area contributed by atoms with Gasteiger partial charge in [-0.1, -0.05) is 30.0 Å². The molecule has 0 aliphatic heterocycles. The zero-order valence-corrected chi connectivity index (χ0v) is 9.68. The Kier molecular flexibility index (Phi) is 3.76. The molecule has 2 rings (SSSR count). The first kappa shape index (κ1) is 12.1. The molecule has 0 saturated heterocycles. The second-order valence-electron chi connectivity index (χ2n) is 3.45. The van der Waals surface area contributed by atoms with E-state index < -0.39 is 5.82 Å². The van der Waals surface area contributed by atoms with Gasteiger partial charge in [0, 0.05) is 4.90 Å². The van der Waals surface area contributed by atoms with Gasteiger partial charge in [0.2, 0.25) is 0 Å². The average Bonchev–Trinajstić information content (AvgIpc) is 2.32. The lowest BCUT2D eigenvalue weighted by atomic mass is 10.2. The maximum Gasteiger partial charge on any atom is 0.137 e. The van der Waals surface area contributed by atoms with E-state index in [0.717, 1.165) is 11.8 Å². The van der Waals surface area contributed by atoms with Crippen LogP contribution in [0.2, 0.25) is 0 Å². The summed E-state index contributed by atoms with van der Waals surface area (Å²) in [6.07, 6.45) is 0. The van der Waals surface area contributed by atoms with Gasteiger partial charge in [-0.15, -0.1) is 0 Å². The van der Waals surface area contributed by atoms with Gasteiger partial charge in [-0.05, 0) is 29.8 Å². The van der Waals surface area contributed by atoms with Crippen molar-refractivity contribution in [1.82, 2.24) is 0 Å². The molecular weight excluding hydrogens is 242 g/mol. The third-order valence-electron chi connectivity index (χ3n) is 2.23. The quantitative estimate of drug-likeness (QED) is 0.900. The van der Waals surface area contributed by atoms with Crippen molar-refractivity contribution in [3.05, 3.63) is 59.7 Å². The van der Waals surface area contributed by atoms with Crippen LogP contribution in [0.4, 0.5) is 8.78 Å². The SMILES string of the molecule is OCc1cccc(F)c1Sc1cccc(F)c1. The van der Waals surface area contributed by atoms with Crippen LogP contribution in [0, 0.1) is 11.6 Å². The first-order valence-corrected chi connectivity index (χ1v) is 5.84. The van der Waals surface area contributed by atoms with E-state index in [1.807, 2.05) is 0 Å². The molecule has 4 heteroatoms. The molecule has 0 saturated carbocycles. The largest absolute Gasteiger partial charge is 0.392 e. The normalized spacial score (nSPS) is 10.5. The summed E-state index contributed by atoms with van der Waals surface area (Å²) in [5.41, 5.74) is 0.499. The van der Waals surface area contributed by atoms with Crippen LogP contribution < -0.4 is 0 Å². The van der Waals surface area contributed by atoms with Gasteiger partial charge < -0.3 is 5.11 Å². The molecule has 2 aromatic carbocycles. The highest BCUT2D eigenvalue weighted by Crippen LogP contribution is 2.32. The number of benzene rings is 2. The van der Waals surface area contributed by atoms with Crippen LogP contribution in [0.3, 0.4) is 0 Å². The molecule has 1 nitrogen and oxygen atoms in total. The van der Waals surface area contributed by atoms with E-state index in [1.165, 1.54) is 24.3 Å². The molecule has 0 aliphatic rings. The Morgan fingerprint density at radius 1 is 1.06 bits per heavy atom. The fraction of sp³-hybridized carbons (Fsp3) is 0.0769. The van der Waals surface area contributed by atoms with Crippen molar-refractivity contribution in [3.63, 3.8) is 0 Å². The Morgan fingerprint density at radius 3 is 2.53 bits per heavy atom. The molecule has 0 amide bonds. The van der Waals surface area contributed by atoms with Crippen LogP contribution in [-0.2, 0) is 6.61 Å². The average molecular weight is 252 g/mol. The minimum atomic E-state index is -0.411. The smallest absolute Gasteiger partial charge is 0.137 e. The van der Waals surface area contributed by atoms with E-state index in [0.29, 0.717) is 15.4 Å². The molecule has 88 valence electrons. The molecule has 1 N–H and O–H groups in total. The maximum atomic E-state index is 13.6. The number of halogens is 2. The first-order chi connectivity index (χ1) is 8.20. The Morgan fingerprint density at radius 2 is 1.82 bits per heavy atom. The van der Waals surface area contributed by atoms with Gasteiger partial charge in [0.15, 0.2) is 0 Å². The number of hydrogen-bond acceptors (Lipinski definition) is 2. The van der Waals surface area contributed by atoms with Gasteiger partial charge in [-0.2, -0.15) is 0 Å². The van der Waals surface area contributed by atoms with E-state index in [1.54, 1.807) is 18.2 Å². The summed E-state index contributed by atoms with van der Waals surface area (Å²) in [5.74, 6) is -0.775. The van der Waals surface area contributed by atoms with E-state index in [-0.39, 0.29) is 12.4 Å². The number of aliphatic hydroxyl groups excluding tert-OH is 1. The Hall–Kier alpha value is -1.39. The highest BCUT2D eigenvalue weighted by atomic mass is 32.2. The fourth-order valence-corrected chi connectivity index (χ4v) is 2.42. The van der Waals surface area contributed by atoms with E-state index in [4.69, 9.17) is 5.11 Å². The van der Waals surface area contributed by atoms with Crippen LogP contribution >= 0.6 is 11.8 Å². The van der Waals surface area contributed by atoms with Crippen molar-refractivity contribution >= 4 is 11.8 Å². The molecule has 0 aromatic heterocycles.